The van der Waals surface area contributed by atoms with E-state index in [1.54, 1.807) is 13.8 Å². The third-order valence-corrected chi connectivity index (χ3v) is 2.64. The molecule has 0 bridgehead atoms. The first kappa shape index (κ1) is 16.2. The summed E-state index contributed by atoms with van der Waals surface area (Å²) in [7, 11) is 0. The van der Waals surface area contributed by atoms with E-state index in [0.29, 0.717) is 0 Å². The maximum absolute atomic E-state index is 11.9. The number of ether oxygens (including phenoxy) is 1. The Bertz CT molecular complexity index is 321. The maximum atomic E-state index is 11.9. The second-order valence-electron chi connectivity index (χ2n) is 5.18. The molecule has 8 heteroatoms. The third-order valence-electron chi connectivity index (χ3n) is 2.64. The number of aliphatic hydroxyl groups is 1. The quantitative estimate of drug-likeness (QED) is 0.771. The molecule has 0 aliphatic carbocycles. The Morgan fingerprint density at radius 3 is 2.68 bits per heavy atom. The van der Waals surface area contributed by atoms with Crippen LogP contribution in [-0.2, 0) is 9.53 Å². The zero-order valence-electron chi connectivity index (χ0n) is 11.0. The molecule has 1 heterocycles. The minimum absolute atomic E-state index is 0.187. The molecular weight excluding hydrogens is 265 g/mol. The van der Waals surface area contributed by atoms with Crippen LogP contribution in [-0.4, -0.2) is 66.6 Å². The number of nitrogens with one attached hydrogen (secondary N) is 1. The predicted molar refractivity (Wildman–Crippen MR) is 61.5 cm³/mol. The summed E-state index contributed by atoms with van der Waals surface area (Å²) in [4.78, 5) is 13.2. The Labute approximate surface area is 109 Å². The van der Waals surface area contributed by atoms with Gasteiger partial charge in [0.05, 0.1) is 31.4 Å². The second kappa shape index (κ2) is 6.06. The summed E-state index contributed by atoms with van der Waals surface area (Å²) in [6, 6.07) is 0. The first-order valence-corrected chi connectivity index (χ1v) is 5.97. The molecule has 1 aliphatic heterocycles. The van der Waals surface area contributed by atoms with Gasteiger partial charge in [-0.2, -0.15) is 13.2 Å². The molecule has 1 amide bonds. The van der Waals surface area contributed by atoms with Gasteiger partial charge in [0.15, 0.2) is 0 Å². The summed E-state index contributed by atoms with van der Waals surface area (Å²) in [5.74, 6) is -0.431. The van der Waals surface area contributed by atoms with E-state index in [9.17, 15) is 18.0 Å². The summed E-state index contributed by atoms with van der Waals surface area (Å²) in [6.07, 6.45) is -4.84. The van der Waals surface area contributed by atoms with Crippen molar-refractivity contribution >= 4 is 5.91 Å². The minimum Gasteiger partial charge on any atom is -0.394 e. The number of morpholine rings is 1. The lowest BCUT2D eigenvalue weighted by molar-refractivity contribution is -0.166. The van der Waals surface area contributed by atoms with Crippen molar-refractivity contribution in [1.29, 1.82) is 0 Å². The number of aliphatic hydroxyl groups excluding tert-OH is 1. The van der Waals surface area contributed by atoms with Gasteiger partial charge in [-0.25, -0.2) is 0 Å². The lowest BCUT2D eigenvalue weighted by atomic mass is 10.1. The predicted octanol–water partition coefficient (Wildman–Crippen LogP) is 0.137. The van der Waals surface area contributed by atoms with E-state index in [-0.39, 0.29) is 26.2 Å². The molecule has 2 N–H and O–H groups in total. The summed E-state index contributed by atoms with van der Waals surface area (Å²) in [6.45, 7) is 2.19. The van der Waals surface area contributed by atoms with Gasteiger partial charge in [0.2, 0.25) is 5.91 Å². The van der Waals surface area contributed by atoms with Crippen LogP contribution in [0.2, 0.25) is 0 Å². The van der Waals surface area contributed by atoms with Gasteiger partial charge < -0.3 is 20.1 Å². The van der Waals surface area contributed by atoms with Crippen molar-refractivity contribution in [3.63, 3.8) is 0 Å². The van der Waals surface area contributed by atoms with Crippen LogP contribution in [0.25, 0.3) is 0 Å². The molecule has 1 rings (SSSR count). The Morgan fingerprint density at radius 2 is 2.16 bits per heavy atom. The average molecular weight is 284 g/mol. The number of hydrogen-bond donors (Lipinski definition) is 2. The molecule has 0 radical (unpaired) electrons. The molecule has 19 heavy (non-hydrogen) atoms. The normalized spacial score (nSPS) is 23.5. The second-order valence-corrected chi connectivity index (χ2v) is 5.18. The zero-order valence-corrected chi connectivity index (χ0v) is 11.0. The molecule has 0 aromatic carbocycles. The lowest BCUT2D eigenvalue weighted by Gasteiger charge is -2.42. The van der Waals surface area contributed by atoms with E-state index in [4.69, 9.17) is 9.84 Å². The zero-order chi connectivity index (χ0) is 14.7. The maximum Gasteiger partial charge on any atom is 0.401 e. The number of halogens is 3. The highest BCUT2D eigenvalue weighted by Crippen LogP contribution is 2.20. The van der Waals surface area contributed by atoms with Gasteiger partial charge in [-0.15, -0.1) is 0 Å². The van der Waals surface area contributed by atoms with Crippen molar-refractivity contribution in [3.8, 4) is 0 Å². The molecule has 5 nitrogen and oxygen atoms in total. The van der Waals surface area contributed by atoms with Crippen LogP contribution >= 0.6 is 0 Å². The minimum atomic E-state index is -4.34. The number of hydrogen-bond acceptors (Lipinski definition) is 4. The van der Waals surface area contributed by atoms with E-state index in [0.717, 1.165) is 0 Å². The smallest absolute Gasteiger partial charge is 0.394 e. The summed E-state index contributed by atoms with van der Waals surface area (Å²) >= 11 is 0. The fourth-order valence-electron chi connectivity index (χ4n) is 2.00. The van der Waals surface area contributed by atoms with Gasteiger partial charge in [-0.05, 0) is 13.8 Å². The van der Waals surface area contributed by atoms with Gasteiger partial charge in [0.1, 0.15) is 0 Å². The lowest BCUT2D eigenvalue weighted by Crippen LogP contribution is -2.57. The van der Waals surface area contributed by atoms with Crippen LogP contribution in [0.15, 0.2) is 0 Å². The summed E-state index contributed by atoms with van der Waals surface area (Å²) in [5.41, 5.74) is -0.620. The highest BCUT2D eigenvalue weighted by atomic mass is 19.4. The molecule has 1 saturated heterocycles. The molecular formula is C11H19F3N2O3. The van der Waals surface area contributed by atoms with Crippen molar-refractivity contribution in [2.24, 2.45) is 0 Å². The van der Waals surface area contributed by atoms with Crippen molar-refractivity contribution in [1.82, 2.24) is 10.2 Å². The summed E-state index contributed by atoms with van der Waals surface area (Å²) in [5, 5.41) is 11.1. The standard InChI is InChI=1S/C11H19F3N2O3/c1-10(2)7-16(4-8(5-17)19-10)9(18)3-15-6-11(12,13)14/h8,15,17H,3-7H2,1-2H3. The number of rotatable bonds is 4. The van der Waals surface area contributed by atoms with Crippen LogP contribution < -0.4 is 5.32 Å². The number of carbonyl (C=O) groups excluding carboxylic acids is 1. The van der Waals surface area contributed by atoms with Crippen LogP contribution in [0.1, 0.15) is 13.8 Å². The largest absolute Gasteiger partial charge is 0.401 e. The van der Waals surface area contributed by atoms with E-state index in [2.05, 4.69) is 5.32 Å². The first-order valence-electron chi connectivity index (χ1n) is 5.97. The van der Waals surface area contributed by atoms with E-state index >= 15 is 0 Å². The first-order chi connectivity index (χ1) is 8.63. The summed E-state index contributed by atoms with van der Waals surface area (Å²) < 4.78 is 41.4. The highest BCUT2D eigenvalue weighted by molar-refractivity contribution is 5.78. The molecule has 1 unspecified atom stereocenters. The van der Waals surface area contributed by atoms with Crippen molar-refractivity contribution in [2.75, 3.05) is 32.8 Å². The molecule has 0 aromatic heterocycles. The number of amides is 1. The van der Waals surface area contributed by atoms with E-state index in [1.807, 2.05) is 0 Å². The highest BCUT2D eigenvalue weighted by Gasteiger charge is 2.35. The van der Waals surface area contributed by atoms with Crippen LogP contribution in [0.5, 0.6) is 0 Å². The van der Waals surface area contributed by atoms with Crippen LogP contribution in [0, 0.1) is 0 Å². The van der Waals surface area contributed by atoms with E-state index < -0.39 is 30.3 Å². The third kappa shape index (κ3) is 5.75. The van der Waals surface area contributed by atoms with Crippen molar-refractivity contribution in [2.45, 2.75) is 31.7 Å². The Balaban J connectivity index is 2.47. The van der Waals surface area contributed by atoms with Gasteiger partial charge in [-0.1, -0.05) is 0 Å². The van der Waals surface area contributed by atoms with Gasteiger partial charge in [-0.3, -0.25) is 4.79 Å². The van der Waals surface area contributed by atoms with Gasteiger partial charge in [0, 0.05) is 13.1 Å². The number of carbonyl (C=O) groups is 1. The molecule has 0 aromatic rings. The monoisotopic (exact) mass is 284 g/mol. The molecule has 112 valence electrons. The van der Waals surface area contributed by atoms with Crippen molar-refractivity contribution in [3.05, 3.63) is 0 Å². The molecule has 1 fully saturated rings. The SMILES string of the molecule is CC1(C)CN(C(=O)CNCC(F)(F)F)CC(CO)O1. The van der Waals surface area contributed by atoms with E-state index in [1.165, 1.54) is 4.90 Å². The topological polar surface area (TPSA) is 61.8 Å². The Hall–Kier alpha value is -0.860. The van der Waals surface area contributed by atoms with Gasteiger partial charge in [0.25, 0.3) is 0 Å². The van der Waals surface area contributed by atoms with Gasteiger partial charge >= 0.3 is 6.18 Å². The molecule has 1 atom stereocenters. The fourth-order valence-corrected chi connectivity index (χ4v) is 2.00. The average Bonchev–Trinajstić information content (AvgIpc) is 2.24. The Morgan fingerprint density at radius 1 is 1.53 bits per heavy atom. The molecule has 0 saturated carbocycles. The molecule has 1 aliphatic rings. The van der Waals surface area contributed by atoms with Crippen LogP contribution in [0.3, 0.4) is 0 Å². The fraction of sp³-hybridized carbons (Fsp3) is 0.909. The molecule has 0 spiro atoms. The van der Waals surface area contributed by atoms with Crippen molar-refractivity contribution < 1.29 is 27.8 Å². The Kier molecular flexibility index (Phi) is 5.17. The van der Waals surface area contributed by atoms with Crippen LogP contribution in [0.4, 0.5) is 13.2 Å². The number of nitrogens with zero attached hydrogens (tertiary/aromatic N) is 1. The number of alkyl halides is 3.